The lowest BCUT2D eigenvalue weighted by atomic mass is 10.00. The van der Waals surface area contributed by atoms with Gasteiger partial charge in [-0.25, -0.2) is 0 Å². The second-order valence-corrected chi connectivity index (χ2v) is 4.47. The van der Waals surface area contributed by atoms with Crippen molar-refractivity contribution in [3.63, 3.8) is 0 Å². The normalized spacial score (nSPS) is 18.0. The van der Waals surface area contributed by atoms with Crippen molar-refractivity contribution in [1.82, 2.24) is 10.6 Å². The van der Waals surface area contributed by atoms with Gasteiger partial charge in [-0.15, -0.1) is 0 Å². The molecule has 1 saturated carbocycles. The lowest BCUT2D eigenvalue weighted by Crippen LogP contribution is -2.40. The number of nitrogens with zero attached hydrogens (tertiary/aromatic N) is 1. The van der Waals surface area contributed by atoms with Crippen LogP contribution in [0.5, 0.6) is 0 Å². The van der Waals surface area contributed by atoms with E-state index in [9.17, 15) is 4.79 Å². The highest BCUT2D eigenvalue weighted by Crippen LogP contribution is 2.27. The first-order valence-electron chi connectivity index (χ1n) is 6.11. The molecule has 1 rings (SSSR count). The molecule has 2 N–H and O–H groups in total. The molecule has 0 unspecified atom stereocenters. The van der Waals surface area contributed by atoms with E-state index in [4.69, 9.17) is 5.26 Å². The van der Waals surface area contributed by atoms with Crippen molar-refractivity contribution in [3.8, 4) is 6.07 Å². The molecule has 0 radical (unpaired) electrons. The fourth-order valence-electron chi connectivity index (χ4n) is 2.20. The first kappa shape index (κ1) is 13.0. The van der Waals surface area contributed by atoms with Gasteiger partial charge in [0.1, 0.15) is 0 Å². The van der Waals surface area contributed by atoms with E-state index in [1.165, 1.54) is 25.7 Å². The maximum atomic E-state index is 11.4. The Balaban J connectivity index is 2.08. The molecule has 0 spiro atoms. The molecule has 1 atom stereocenters. The summed E-state index contributed by atoms with van der Waals surface area (Å²) in [4.78, 5) is 11.4. The van der Waals surface area contributed by atoms with Gasteiger partial charge < -0.3 is 10.6 Å². The van der Waals surface area contributed by atoms with Crippen molar-refractivity contribution >= 4 is 5.91 Å². The van der Waals surface area contributed by atoms with E-state index in [0.717, 1.165) is 5.92 Å². The van der Waals surface area contributed by atoms with Crippen LogP contribution in [-0.2, 0) is 4.79 Å². The van der Waals surface area contributed by atoms with Crippen molar-refractivity contribution < 1.29 is 4.79 Å². The number of nitriles is 1. The number of carbonyl (C=O) groups excluding carboxylic acids is 1. The Kier molecular flexibility index (Phi) is 5.87. The number of carbonyl (C=O) groups is 1. The van der Waals surface area contributed by atoms with Gasteiger partial charge in [0.15, 0.2) is 0 Å². The van der Waals surface area contributed by atoms with Gasteiger partial charge in [-0.3, -0.25) is 4.79 Å². The fourth-order valence-corrected chi connectivity index (χ4v) is 2.20. The van der Waals surface area contributed by atoms with Crippen LogP contribution in [0.4, 0.5) is 0 Å². The second-order valence-electron chi connectivity index (χ2n) is 4.47. The zero-order valence-electron chi connectivity index (χ0n) is 9.96. The van der Waals surface area contributed by atoms with Crippen LogP contribution in [0.1, 0.15) is 39.0 Å². The van der Waals surface area contributed by atoms with Crippen LogP contribution in [0.2, 0.25) is 0 Å². The molecule has 1 aliphatic rings. The molecule has 16 heavy (non-hydrogen) atoms. The Hall–Kier alpha value is -1.08. The predicted octanol–water partition coefficient (Wildman–Crippen LogP) is 1.18. The van der Waals surface area contributed by atoms with Crippen LogP contribution in [0.15, 0.2) is 0 Å². The molecule has 1 amide bonds. The van der Waals surface area contributed by atoms with E-state index in [1.54, 1.807) is 0 Å². The molecule has 0 bridgehead atoms. The van der Waals surface area contributed by atoms with Gasteiger partial charge in [-0.1, -0.05) is 12.8 Å². The first-order chi connectivity index (χ1) is 7.74. The van der Waals surface area contributed by atoms with E-state index in [1.807, 2.05) is 6.07 Å². The van der Waals surface area contributed by atoms with Crippen LogP contribution in [-0.4, -0.2) is 25.0 Å². The fraction of sp³-hybridized carbons (Fsp3) is 0.833. The summed E-state index contributed by atoms with van der Waals surface area (Å²) in [7, 11) is 0. The molecular weight excluding hydrogens is 202 g/mol. The van der Waals surface area contributed by atoms with Crippen LogP contribution >= 0.6 is 0 Å². The first-order valence-corrected chi connectivity index (χ1v) is 6.11. The average Bonchev–Trinajstić information content (AvgIpc) is 2.79. The third-order valence-corrected chi connectivity index (χ3v) is 3.25. The number of rotatable bonds is 6. The molecular formula is C12H21N3O. The van der Waals surface area contributed by atoms with Crippen molar-refractivity contribution in [2.45, 2.75) is 45.1 Å². The summed E-state index contributed by atoms with van der Waals surface area (Å²) in [6.45, 7) is 2.97. The van der Waals surface area contributed by atoms with Crippen LogP contribution in [0, 0.1) is 17.2 Å². The number of amides is 1. The summed E-state index contributed by atoms with van der Waals surface area (Å²) in [5.74, 6) is 0.715. The van der Waals surface area contributed by atoms with Crippen molar-refractivity contribution in [2.75, 3.05) is 13.1 Å². The maximum Gasteiger partial charge on any atom is 0.233 e. The Morgan fingerprint density at radius 1 is 1.50 bits per heavy atom. The summed E-state index contributed by atoms with van der Waals surface area (Å²) in [6, 6.07) is 2.42. The summed E-state index contributed by atoms with van der Waals surface area (Å²) in [5.41, 5.74) is 0. The van der Waals surface area contributed by atoms with Gasteiger partial charge in [0, 0.05) is 12.6 Å². The molecule has 4 heteroatoms. The van der Waals surface area contributed by atoms with Crippen molar-refractivity contribution in [1.29, 1.82) is 5.26 Å². The Bertz CT molecular complexity index is 253. The third kappa shape index (κ3) is 4.63. The van der Waals surface area contributed by atoms with Gasteiger partial charge in [0.2, 0.25) is 5.91 Å². The highest BCUT2D eigenvalue weighted by Gasteiger charge is 2.21. The standard InChI is InChI=1S/C12H21N3O/c1-10(11-5-2-3-6-11)15-9-12(16)14-8-4-7-13/h10-11,15H,2-6,8-9H2,1H3,(H,14,16)/t10-/m1/s1. The molecule has 0 saturated heterocycles. The van der Waals surface area contributed by atoms with Crippen LogP contribution in [0.3, 0.4) is 0 Å². The van der Waals surface area contributed by atoms with Crippen LogP contribution in [0.25, 0.3) is 0 Å². The number of hydrogen-bond acceptors (Lipinski definition) is 3. The molecule has 0 aromatic heterocycles. The second kappa shape index (κ2) is 7.24. The third-order valence-electron chi connectivity index (χ3n) is 3.25. The zero-order chi connectivity index (χ0) is 11.8. The summed E-state index contributed by atoms with van der Waals surface area (Å²) in [6.07, 6.45) is 5.59. The molecule has 1 aliphatic carbocycles. The number of nitrogens with one attached hydrogen (secondary N) is 2. The van der Waals surface area contributed by atoms with Gasteiger partial charge >= 0.3 is 0 Å². The van der Waals surface area contributed by atoms with Gasteiger partial charge in [0.25, 0.3) is 0 Å². The van der Waals surface area contributed by atoms with Gasteiger partial charge in [-0.05, 0) is 25.7 Å². The largest absolute Gasteiger partial charge is 0.354 e. The Labute approximate surface area is 97.4 Å². The lowest BCUT2D eigenvalue weighted by molar-refractivity contribution is -0.120. The quantitative estimate of drug-likeness (QED) is 0.665. The number of hydrogen-bond donors (Lipinski definition) is 2. The lowest BCUT2D eigenvalue weighted by Gasteiger charge is -2.19. The SMILES string of the molecule is C[C@@H](NCC(=O)NCCC#N)C1CCCC1. The Morgan fingerprint density at radius 3 is 2.81 bits per heavy atom. The topological polar surface area (TPSA) is 64.9 Å². The predicted molar refractivity (Wildman–Crippen MR) is 62.7 cm³/mol. The van der Waals surface area contributed by atoms with E-state index in [2.05, 4.69) is 17.6 Å². The Morgan fingerprint density at radius 2 is 2.19 bits per heavy atom. The van der Waals surface area contributed by atoms with Gasteiger partial charge in [0.05, 0.1) is 19.0 Å². The van der Waals surface area contributed by atoms with E-state index >= 15 is 0 Å². The van der Waals surface area contributed by atoms with Crippen molar-refractivity contribution in [2.24, 2.45) is 5.92 Å². The minimum Gasteiger partial charge on any atom is -0.354 e. The monoisotopic (exact) mass is 223 g/mol. The molecule has 0 heterocycles. The highest BCUT2D eigenvalue weighted by molar-refractivity contribution is 5.77. The maximum absolute atomic E-state index is 11.4. The average molecular weight is 223 g/mol. The minimum absolute atomic E-state index is 0.0138. The summed E-state index contributed by atoms with van der Waals surface area (Å²) < 4.78 is 0. The molecule has 0 aromatic rings. The van der Waals surface area contributed by atoms with E-state index < -0.39 is 0 Å². The molecule has 1 fully saturated rings. The van der Waals surface area contributed by atoms with Crippen LogP contribution < -0.4 is 10.6 Å². The zero-order valence-corrected chi connectivity index (χ0v) is 9.96. The highest BCUT2D eigenvalue weighted by atomic mass is 16.1. The molecule has 0 aromatic carbocycles. The molecule has 0 aliphatic heterocycles. The van der Waals surface area contributed by atoms with E-state index in [-0.39, 0.29) is 5.91 Å². The van der Waals surface area contributed by atoms with E-state index in [0.29, 0.717) is 25.6 Å². The summed E-state index contributed by atoms with van der Waals surface area (Å²) in [5, 5.41) is 14.3. The smallest absolute Gasteiger partial charge is 0.233 e. The van der Waals surface area contributed by atoms with Gasteiger partial charge in [-0.2, -0.15) is 5.26 Å². The molecule has 90 valence electrons. The minimum atomic E-state index is -0.0138. The molecule has 4 nitrogen and oxygen atoms in total. The van der Waals surface area contributed by atoms with Crippen molar-refractivity contribution in [3.05, 3.63) is 0 Å². The summed E-state index contributed by atoms with van der Waals surface area (Å²) >= 11 is 0.